The second-order valence-electron chi connectivity index (χ2n) is 8.79. The van der Waals surface area contributed by atoms with Gasteiger partial charge in [0.1, 0.15) is 18.7 Å². The smallest absolute Gasteiger partial charge is 0.329 e. The summed E-state index contributed by atoms with van der Waals surface area (Å²) in [5, 5.41) is 0. The van der Waals surface area contributed by atoms with Gasteiger partial charge < -0.3 is 9.64 Å². The van der Waals surface area contributed by atoms with Crippen LogP contribution in [0.2, 0.25) is 0 Å². The van der Waals surface area contributed by atoms with E-state index >= 15 is 0 Å². The van der Waals surface area contributed by atoms with Crippen molar-refractivity contribution in [2.45, 2.75) is 58.7 Å². The summed E-state index contributed by atoms with van der Waals surface area (Å²) < 4.78 is 5.61. The molecule has 1 aliphatic heterocycles. The molecule has 0 radical (unpaired) electrons. The largest absolute Gasteiger partial charge is 0.459 e. The number of carbonyl (C=O) groups is 2. The predicted molar refractivity (Wildman–Crippen MR) is 105 cm³/mol. The summed E-state index contributed by atoms with van der Waals surface area (Å²) in [7, 11) is 0. The van der Waals surface area contributed by atoms with Gasteiger partial charge in [-0.3, -0.25) is 4.79 Å². The monoisotopic (exact) mass is 392 g/mol. The van der Waals surface area contributed by atoms with Crippen molar-refractivity contribution in [1.29, 1.82) is 0 Å². The molecular formula is C21H29ClN2O3. The second kappa shape index (κ2) is 8.19. The zero-order valence-corrected chi connectivity index (χ0v) is 17.0. The summed E-state index contributed by atoms with van der Waals surface area (Å²) in [6.45, 7) is 6.73. The molecule has 2 fully saturated rings. The Morgan fingerprint density at radius 3 is 2.59 bits per heavy atom. The molecule has 3 rings (SSSR count). The Labute approximate surface area is 166 Å². The molecule has 1 heterocycles. The van der Waals surface area contributed by atoms with E-state index in [2.05, 4.69) is 4.84 Å². The number of amides is 1. The fourth-order valence-corrected chi connectivity index (χ4v) is 4.82. The van der Waals surface area contributed by atoms with Crippen LogP contribution >= 0.6 is 11.8 Å². The zero-order valence-electron chi connectivity index (χ0n) is 16.3. The summed E-state index contributed by atoms with van der Waals surface area (Å²) in [4.78, 5) is 30.5. The molecule has 6 heteroatoms. The van der Waals surface area contributed by atoms with E-state index in [1.165, 1.54) is 0 Å². The fourth-order valence-electron chi connectivity index (χ4n) is 4.39. The first-order chi connectivity index (χ1) is 12.8. The van der Waals surface area contributed by atoms with Gasteiger partial charge in [-0.25, -0.2) is 9.63 Å². The van der Waals surface area contributed by atoms with Crippen LogP contribution in [0.15, 0.2) is 30.3 Å². The quantitative estimate of drug-likeness (QED) is 0.615. The summed E-state index contributed by atoms with van der Waals surface area (Å²) in [5.74, 6) is 0.143. The first-order valence-electron chi connectivity index (χ1n) is 9.70. The molecule has 1 aromatic carbocycles. The van der Waals surface area contributed by atoms with E-state index in [9.17, 15) is 9.59 Å². The number of nitrogens with one attached hydrogen (secondary N) is 1. The third kappa shape index (κ3) is 4.30. The maximum Gasteiger partial charge on any atom is 0.329 e. The Balaban J connectivity index is 1.76. The lowest BCUT2D eigenvalue weighted by atomic mass is 9.86. The van der Waals surface area contributed by atoms with Crippen molar-refractivity contribution in [3.8, 4) is 0 Å². The molecule has 0 bridgehead atoms. The molecule has 0 unspecified atom stereocenters. The van der Waals surface area contributed by atoms with Gasteiger partial charge >= 0.3 is 5.97 Å². The van der Waals surface area contributed by atoms with Crippen LogP contribution in [-0.2, 0) is 20.9 Å². The van der Waals surface area contributed by atoms with E-state index in [4.69, 9.17) is 16.5 Å². The van der Waals surface area contributed by atoms with E-state index < -0.39 is 12.1 Å². The van der Waals surface area contributed by atoms with Crippen molar-refractivity contribution in [2.75, 3.05) is 6.54 Å². The van der Waals surface area contributed by atoms with Crippen LogP contribution in [0.5, 0.6) is 0 Å². The van der Waals surface area contributed by atoms with Crippen molar-refractivity contribution in [1.82, 2.24) is 9.74 Å². The number of hydrogen-bond acceptors (Lipinski definition) is 4. The summed E-state index contributed by atoms with van der Waals surface area (Å²) in [6.07, 6.45) is 3.13. The average molecular weight is 393 g/mol. The number of nitrogens with zero attached hydrogens (tertiary/aromatic N) is 1. The number of benzene rings is 1. The van der Waals surface area contributed by atoms with E-state index in [0.29, 0.717) is 12.5 Å². The topological polar surface area (TPSA) is 58.6 Å². The first-order valence-corrected chi connectivity index (χ1v) is 10.1. The minimum absolute atomic E-state index is 0.117. The lowest BCUT2D eigenvalue weighted by Gasteiger charge is -2.34. The highest BCUT2D eigenvalue weighted by Gasteiger charge is 2.52. The highest BCUT2D eigenvalue weighted by atomic mass is 35.5. The molecule has 1 amide bonds. The number of ether oxygens (including phenoxy) is 1. The molecule has 148 valence electrons. The van der Waals surface area contributed by atoms with Crippen molar-refractivity contribution in [2.24, 2.45) is 17.3 Å². The summed E-state index contributed by atoms with van der Waals surface area (Å²) in [6, 6.07) is 8.55. The van der Waals surface area contributed by atoms with Gasteiger partial charge in [0.25, 0.3) is 0 Å². The summed E-state index contributed by atoms with van der Waals surface area (Å²) >= 11 is 5.90. The number of likely N-dealkylation sites (tertiary alicyclic amines) is 1. The van der Waals surface area contributed by atoms with Gasteiger partial charge in [-0.05, 0) is 47.4 Å². The van der Waals surface area contributed by atoms with Crippen molar-refractivity contribution in [3.05, 3.63) is 35.9 Å². The van der Waals surface area contributed by atoms with Crippen molar-refractivity contribution >= 4 is 23.7 Å². The number of halogens is 1. The van der Waals surface area contributed by atoms with Crippen molar-refractivity contribution < 1.29 is 14.3 Å². The molecule has 0 spiro atoms. The minimum atomic E-state index is -0.553. The zero-order chi connectivity index (χ0) is 19.6. The van der Waals surface area contributed by atoms with Crippen LogP contribution < -0.4 is 4.84 Å². The van der Waals surface area contributed by atoms with Gasteiger partial charge in [-0.2, -0.15) is 0 Å². The molecule has 4 atom stereocenters. The van der Waals surface area contributed by atoms with Crippen LogP contribution in [0, 0.1) is 17.3 Å². The number of fused-ring (bicyclic) bond motifs is 1. The first kappa shape index (κ1) is 20.2. The summed E-state index contributed by atoms with van der Waals surface area (Å²) in [5.41, 5.74) is 0.592. The predicted octanol–water partition coefficient (Wildman–Crippen LogP) is 3.52. The number of hydrogen-bond donors (Lipinski definition) is 1. The normalized spacial score (nSPS) is 25.9. The highest BCUT2D eigenvalue weighted by Crippen LogP contribution is 2.43. The van der Waals surface area contributed by atoms with Gasteiger partial charge in [0.15, 0.2) is 0 Å². The van der Waals surface area contributed by atoms with Crippen LogP contribution in [0.4, 0.5) is 0 Å². The Bertz CT molecular complexity index is 674. The third-order valence-corrected chi connectivity index (χ3v) is 6.08. The standard InChI is InChI=1S/C21H29ClN2O3/c1-21(2,3)18(23-22)19(25)24-12-15-10-7-11-16(15)17(24)20(26)27-13-14-8-5-4-6-9-14/h4-6,8-9,15-18,23H,7,10-13H2,1-3H3/t15-,16-,17-,18+/m0/s1. The van der Waals surface area contributed by atoms with Gasteiger partial charge in [0.2, 0.25) is 5.91 Å². The van der Waals surface area contributed by atoms with E-state index in [0.717, 1.165) is 24.8 Å². The Kier molecular flexibility index (Phi) is 6.11. The number of carbonyl (C=O) groups excluding carboxylic acids is 2. The van der Waals surface area contributed by atoms with Gasteiger partial charge in [-0.1, -0.05) is 57.5 Å². The molecule has 5 nitrogen and oxygen atoms in total. The Morgan fingerprint density at radius 2 is 1.96 bits per heavy atom. The fraction of sp³-hybridized carbons (Fsp3) is 0.619. The van der Waals surface area contributed by atoms with Gasteiger partial charge in [0.05, 0.1) is 0 Å². The third-order valence-electron chi connectivity index (χ3n) is 5.86. The average Bonchev–Trinajstić information content (AvgIpc) is 3.20. The Hall–Kier alpha value is -1.59. The SMILES string of the molecule is CC(C)(C)[C@H](NCl)C(=O)N1C[C@@H]2CCC[C@@H]2[C@H]1C(=O)OCc1ccccc1. The minimum Gasteiger partial charge on any atom is -0.459 e. The molecule has 27 heavy (non-hydrogen) atoms. The van der Waals surface area contributed by atoms with Gasteiger partial charge in [0, 0.05) is 6.54 Å². The van der Waals surface area contributed by atoms with Crippen LogP contribution in [0.3, 0.4) is 0 Å². The molecule has 1 saturated carbocycles. The maximum absolute atomic E-state index is 13.2. The molecule has 1 aliphatic carbocycles. The molecule has 0 aromatic heterocycles. The molecule has 1 N–H and O–H groups in total. The van der Waals surface area contributed by atoms with Crippen molar-refractivity contribution in [3.63, 3.8) is 0 Å². The molecular weight excluding hydrogens is 364 g/mol. The lowest BCUT2D eigenvalue weighted by molar-refractivity contribution is -0.157. The second-order valence-corrected chi connectivity index (χ2v) is 9.01. The Morgan fingerprint density at radius 1 is 1.26 bits per heavy atom. The van der Waals surface area contributed by atoms with Crippen LogP contribution in [-0.4, -0.2) is 35.4 Å². The molecule has 1 aromatic rings. The van der Waals surface area contributed by atoms with E-state index in [1.54, 1.807) is 4.90 Å². The van der Waals surface area contributed by atoms with Crippen LogP contribution in [0.25, 0.3) is 0 Å². The van der Waals surface area contributed by atoms with Crippen LogP contribution in [0.1, 0.15) is 45.6 Å². The molecule has 1 saturated heterocycles. The number of rotatable bonds is 5. The number of esters is 1. The highest BCUT2D eigenvalue weighted by molar-refractivity contribution is 6.15. The van der Waals surface area contributed by atoms with E-state index in [-0.39, 0.29) is 29.8 Å². The lowest BCUT2D eigenvalue weighted by Crippen LogP contribution is -2.54. The maximum atomic E-state index is 13.2. The van der Waals surface area contributed by atoms with E-state index in [1.807, 2.05) is 51.1 Å². The molecule has 2 aliphatic rings. The van der Waals surface area contributed by atoms with Gasteiger partial charge in [-0.15, -0.1) is 0 Å².